The minimum Gasteiger partial charge on any atom is -0.493 e. The Labute approximate surface area is 130 Å². The van der Waals surface area contributed by atoms with E-state index in [9.17, 15) is 0 Å². The summed E-state index contributed by atoms with van der Waals surface area (Å²) in [5.74, 6) is 1.10. The maximum absolute atomic E-state index is 5.69. The van der Waals surface area contributed by atoms with E-state index in [4.69, 9.17) is 4.74 Å². The Kier molecular flexibility index (Phi) is 6.10. The van der Waals surface area contributed by atoms with Crippen LogP contribution in [0.4, 0.5) is 0 Å². The summed E-state index contributed by atoms with van der Waals surface area (Å²) < 4.78 is 5.69. The molecule has 1 N–H and O–H groups in total. The Morgan fingerprint density at radius 1 is 1.19 bits per heavy atom. The summed E-state index contributed by atoms with van der Waals surface area (Å²) in [4.78, 5) is 0. The van der Waals surface area contributed by atoms with Gasteiger partial charge in [-0.1, -0.05) is 32.9 Å². The van der Waals surface area contributed by atoms with Crippen molar-refractivity contribution in [2.24, 2.45) is 5.41 Å². The van der Waals surface area contributed by atoms with Gasteiger partial charge in [0.15, 0.2) is 0 Å². The molecule has 0 saturated carbocycles. The van der Waals surface area contributed by atoms with Gasteiger partial charge in [0.1, 0.15) is 5.75 Å². The normalized spacial score (nSPS) is 14.6. The third kappa shape index (κ3) is 5.35. The van der Waals surface area contributed by atoms with Gasteiger partial charge in [0.05, 0.1) is 6.61 Å². The van der Waals surface area contributed by atoms with E-state index < -0.39 is 0 Å². The van der Waals surface area contributed by atoms with Gasteiger partial charge in [0, 0.05) is 0 Å². The van der Waals surface area contributed by atoms with E-state index in [1.807, 2.05) is 0 Å². The molecule has 0 amide bonds. The molecule has 1 aromatic rings. The number of aryl methyl sites for hydroxylation is 2. The SMILES string of the molecule is CCCNCCC(C)(C)CCc1ccc2c(c1)CCCO2. The number of nitrogens with one attached hydrogen (secondary N) is 1. The van der Waals surface area contributed by atoms with E-state index in [2.05, 4.69) is 44.3 Å². The number of ether oxygens (including phenoxy) is 1. The van der Waals surface area contributed by atoms with Crippen molar-refractivity contribution >= 4 is 0 Å². The van der Waals surface area contributed by atoms with Crippen LogP contribution < -0.4 is 10.1 Å². The first-order valence-electron chi connectivity index (χ1n) is 8.56. The third-order valence-electron chi connectivity index (χ3n) is 4.47. The lowest BCUT2D eigenvalue weighted by molar-refractivity contribution is 0.287. The molecule has 0 spiro atoms. The highest BCUT2D eigenvalue weighted by molar-refractivity contribution is 5.38. The summed E-state index contributed by atoms with van der Waals surface area (Å²) >= 11 is 0. The Hall–Kier alpha value is -1.02. The summed E-state index contributed by atoms with van der Waals surface area (Å²) in [5, 5.41) is 3.51. The zero-order chi connectivity index (χ0) is 15.1. The largest absolute Gasteiger partial charge is 0.493 e. The van der Waals surface area contributed by atoms with Crippen LogP contribution in [0.5, 0.6) is 5.75 Å². The van der Waals surface area contributed by atoms with Gasteiger partial charge in [0.2, 0.25) is 0 Å². The zero-order valence-corrected chi connectivity index (χ0v) is 14.0. The van der Waals surface area contributed by atoms with Crippen LogP contribution in [0.15, 0.2) is 18.2 Å². The van der Waals surface area contributed by atoms with E-state index in [0.29, 0.717) is 5.41 Å². The van der Waals surface area contributed by atoms with E-state index in [1.165, 1.54) is 43.2 Å². The maximum atomic E-state index is 5.69. The number of rotatable bonds is 8. The predicted molar refractivity (Wildman–Crippen MR) is 90.1 cm³/mol. The van der Waals surface area contributed by atoms with Crippen LogP contribution in [-0.2, 0) is 12.8 Å². The van der Waals surface area contributed by atoms with E-state index in [0.717, 1.165) is 31.9 Å². The first-order chi connectivity index (χ1) is 10.1. The molecule has 21 heavy (non-hydrogen) atoms. The Bertz CT molecular complexity index is 439. The highest BCUT2D eigenvalue weighted by Gasteiger charge is 2.18. The molecule has 1 heterocycles. The predicted octanol–water partition coefficient (Wildman–Crippen LogP) is 4.36. The average Bonchev–Trinajstić information content (AvgIpc) is 2.49. The number of hydrogen-bond donors (Lipinski definition) is 1. The van der Waals surface area contributed by atoms with Crippen LogP contribution in [0.1, 0.15) is 57.6 Å². The quantitative estimate of drug-likeness (QED) is 0.718. The molecular formula is C19H31NO. The summed E-state index contributed by atoms with van der Waals surface area (Å²) in [5.41, 5.74) is 3.28. The molecule has 0 radical (unpaired) electrons. The summed E-state index contributed by atoms with van der Waals surface area (Å²) in [6.45, 7) is 10.2. The van der Waals surface area contributed by atoms with Gasteiger partial charge in [0.25, 0.3) is 0 Å². The minimum absolute atomic E-state index is 0.410. The van der Waals surface area contributed by atoms with Gasteiger partial charge in [-0.05, 0) is 74.2 Å². The fourth-order valence-corrected chi connectivity index (χ4v) is 2.91. The van der Waals surface area contributed by atoms with E-state index in [1.54, 1.807) is 0 Å². The van der Waals surface area contributed by atoms with Crippen molar-refractivity contribution in [3.63, 3.8) is 0 Å². The van der Waals surface area contributed by atoms with Crippen LogP contribution in [0, 0.1) is 5.41 Å². The van der Waals surface area contributed by atoms with Crippen molar-refractivity contribution in [3.05, 3.63) is 29.3 Å². The molecule has 0 atom stereocenters. The maximum Gasteiger partial charge on any atom is 0.122 e. The fourth-order valence-electron chi connectivity index (χ4n) is 2.91. The zero-order valence-electron chi connectivity index (χ0n) is 14.0. The first-order valence-corrected chi connectivity index (χ1v) is 8.56. The first kappa shape index (κ1) is 16.4. The van der Waals surface area contributed by atoms with Crippen LogP contribution in [0.3, 0.4) is 0 Å². The highest BCUT2D eigenvalue weighted by atomic mass is 16.5. The second-order valence-corrected chi connectivity index (χ2v) is 7.06. The van der Waals surface area contributed by atoms with Gasteiger partial charge < -0.3 is 10.1 Å². The molecular weight excluding hydrogens is 258 g/mol. The van der Waals surface area contributed by atoms with Crippen LogP contribution >= 0.6 is 0 Å². The smallest absolute Gasteiger partial charge is 0.122 e. The van der Waals surface area contributed by atoms with Gasteiger partial charge >= 0.3 is 0 Å². The minimum atomic E-state index is 0.410. The number of hydrogen-bond acceptors (Lipinski definition) is 2. The van der Waals surface area contributed by atoms with Gasteiger partial charge in [-0.15, -0.1) is 0 Å². The molecule has 0 aliphatic carbocycles. The molecule has 2 heteroatoms. The van der Waals surface area contributed by atoms with Crippen molar-refractivity contribution in [2.45, 2.75) is 59.3 Å². The Balaban J connectivity index is 1.81. The van der Waals surface area contributed by atoms with Crippen molar-refractivity contribution in [1.82, 2.24) is 5.32 Å². The third-order valence-corrected chi connectivity index (χ3v) is 4.47. The second-order valence-electron chi connectivity index (χ2n) is 7.06. The lowest BCUT2D eigenvalue weighted by atomic mass is 9.83. The monoisotopic (exact) mass is 289 g/mol. The molecule has 1 aliphatic rings. The number of fused-ring (bicyclic) bond motifs is 1. The summed E-state index contributed by atoms with van der Waals surface area (Å²) in [6, 6.07) is 6.77. The van der Waals surface area contributed by atoms with Crippen molar-refractivity contribution in [3.8, 4) is 5.75 Å². The molecule has 1 aliphatic heterocycles. The van der Waals surface area contributed by atoms with Crippen LogP contribution in [-0.4, -0.2) is 19.7 Å². The van der Waals surface area contributed by atoms with E-state index in [-0.39, 0.29) is 0 Å². The summed E-state index contributed by atoms with van der Waals surface area (Å²) in [6.07, 6.45) is 7.23. The molecule has 2 rings (SSSR count). The van der Waals surface area contributed by atoms with E-state index >= 15 is 0 Å². The molecule has 0 aromatic heterocycles. The van der Waals surface area contributed by atoms with Crippen molar-refractivity contribution < 1.29 is 4.74 Å². The molecule has 0 saturated heterocycles. The molecule has 0 bridgehead atoms. The molecule has 2 nitrogen and oxygen atoms in total. The topological polar surface area (TPSA) is 21.3 Å². The second kappa shape index (κ2) is 7.84. The van der Waals surface area contributed by atoms with Crippen LogP contribution in [0.25, 0.3) is 0 Å². The van der Waals surface area contributed by atoms with Crippen molar-refractivity contribution in [1.29, 1.82) is 0 Å². The lowest BCUT2D eigenvalue weighted by Gasteiger charge is -2.25. The van der Waals surface area contributed by atoms with Crippen molar-refractivity contribution in [2.75, 3.05) is 19.7 Å². The molecule has 0 fully saturated rings. The highest BCUT2D eigenvalue weighted by Crippen LogP contribution is 2.29. The molecule has 118 valence electrons. The fraction of sp³-hybridized carbons (Fsp3) is 0.684. The summed E-state index contributed by atoms with van der Waals surface area (Å²) in [7, 11) is 0. The van der Waals surface area contributed by atoms with Gasteiger partial charge in [-0.3, -0.25) is 0 Å². The van der Waals surface area contributed by atoms with Crippen LogP contribution in [0.2, 0.25) is 0 Å². The lowest BCUT2D eigenvalue weighted by Crippen LogP contribution is -2.23. The Morgan fingerprint density at radius 3 is 2.86 bits per heavy atom. The van der Waals surface area contributed by atoms with Gasteiger partial charge in [-0.2, -0.15) is 0 Å². The standard InChI is InChI=1S/C19H31NO/c1-4-12-20-13-11-19(2,3)10-9-16-7-8-18-17(15-16)6-5-14-21-18/h7-8,15,20H,4-6,9-14H2,1-3H3. The Morgan fingerprint density at radius 2 is 2.05 bits per heavy atom. The molecule has 0 unspecified atom stereocenters. The van der Waals surface area contributed by atoms with Gasteiger partial charge in [-0.25, -0.2) is 0 Å². The number of benzene rings is 1. The average molecular weight is 289 g/mol. The molecule has 1 aromatic carbocycles.